The Balaban J connectivity index is 2.97. The molecule has 0 aromatic rings. The molecule has 1 unspecified atom stereocenters. The van der Waals surface area contributed by atoms with E-state index in [1.54, 1.807) is 0 Å². The Bertz CT molecular complexity index is 289. The SMILES string of the molecule is CC(C)CN1C(=O)C(CCN)N(C)CCC1(C)C. The van der Waals surface area contributed by atoms with Gasteiger partial charge in [-0.3, -0.25) is 9.69 Å². The highest BCUT2D eigenvalue weighted by molar-refractivity contribution is 5.83. The second-order valence-corrected chi connectivity index (χ2v) is 6.48. The number of rotatable bonds is 4. The van der Waals surface area contributed by atoms with E-state index < -0.39 is 0 Å². The van der Waals surface area contributed by atoms with Crippen molar-refractivity contribution in [2.24, 2.45) is 11.7 Å². The summed E-state index contributed by atoms with van der Waals surface area (Å²) in [6.45, 7) is 11.0. The minimum absolute atomic E-state index is 0.0458. The number of carbonyl (C=O) groups excluding carboxylic acids is 1. The quantitative estimate of drug-likeness (QED) is 0.824. The maximum Gasteiger partial charge on any atom is 0.240 e. The Morgan fingerprint density at radius 2 is 2.06 bits per heavy atom. The van der Waals surface area contributed by atoms with Crippen LogP contribution in [0.4, 0.5) is 0 Å². The van der Waals surface area contributed by atoms with Gasteiger partial charge in [0.25, 0.3) is 0 Å². The first-order valence-corrected chi connectivity index (χ1v) is 7.01. The zero-order valence-electron chi connectivity index (χ0n) is 12.6. The topological polar surface area (TPSA) is 49.6 Å². The molecule has 1 atom stereocenters. The summed E-state index contributed by atoms with van der Waals surface area (Å²) in [6.07, 6.45) is 1.77. The highest BCUT2D eigenvalue weighted by atomic mass is 16.2. The Morgan fingerprint density at radius 1 is 1.44 bits per heavy atom. The number of hydrogen-bond acceptors (Lipinski definition) is 3. The van der Waals surface area contributed by atoms with Crippen molar-refractivity contribution in [1.29, 1.82) is 0 Å². The van der Waals surface area contributed by atoms with Crippen molar-refractivity contribution in [1.82, 2.24) is 9.80 Å². The zero-order valence-corrected chi connectivity index (χ0v) is 12.6. The third-order valence-corrected chi connectivity index (χ3v) is 3.88. The number of likely N-dealkylation sites (N-methyl/N-ethyl adjacent to an activating group) is 1. The van der Waals surface area contributed by atoms with Crippen molar-refractivity contribution in [3.05, 3.63) is 0 Å². The molecule has 1 heterocycles. The monoisotopic (exact) mass is 255 g/mol. The van der Waals surface area contributed by atoms with Crippen molar-refractivity contribution >= 4 is 5.91 Å². The van der Waals surface area contributed by atoms with Crippen LogP contribution in [0.15, 0.2) is 0 Å². The van der Waals surface area contributed by atoms with E-state index in [0.717, 1.165) is 25.9 Å². The second-order valence-electron chi connectivity index (χ2n) is 6.48. The average molecular weight is 255 g/mol. The van der Waals surface area contributed by atoms with Gasteiger partial charge in [-0.05, 0) is 46.2 Å². The third-order valence-electron chi connectivity index (χ3n) is 3.88. The molecule has 1 rings (SSSR count). The van der Waals surface area contributed by atoms with Crippen LogP contribution in [0.25, 0.3) is 0 Å². The molecule has 2 N–H and O–H groups in total. The Kier molecular flexibility index (Phi) is 5.17. The fraction of sp³-hybridized carbons (Fsp3) is 0.929. The van der Waals surface area contributed by atoms with Crippen molar-refractivity contribution in [2.75, 3.05) is 26.7 Å². The van der Waals surface area contributed by atoms with Gasteiger partial charge < -0.3 is 10.6 Å². The summed E-state index contributed by atoms with van der Waals surface area (Å²) in [6, 6.07) is -0.0458. The van der Waals surface area contributed by atoms with Crippen LogP contribution < -0.4 is 5.73 Å². The molecule has 0 bridgehead atoms. The van der Waals surface area contributed by atoms with E-state index in [1.807, 2.05) is 7.05 Å². The summed E-state index contributed by atoms with van der Waals surface area (Å²) in [5.74, 6) is 0.745. The lowest BCUT2D eigenvalue weighted by Crippen LogP contribution is -2.52. The normalized spacial score (nSPS) is 25.6. The van der Waals surface area contributed by atoms with Gasteiger partial charge in [0.2, 0.25) is 5.91 Å². The molecular weight excluding hydrogens is 226 g/mol. The largest absolute Gasteiger partial charge is 0.336 e. The summed E-state index contributed by atoms with van der Waals surface area (Å²) in [7, 11) is 2.03. The molecule has 1 aliphatic rings. The second kappa shape index (κ2) is 6.02. The van der Waals surface area contributed by atoms with Crippen molar-refractivity contribution in [3.8, 4) is 0 Å². The predicted molar refractivity (Wildman–Crippen MR) is 75.3 cm³/mol. The minimum atomic E-state index is -0.0566. The van der Waals surface area contributed by atoms with Gasteiger partial charge >= 0.3 is 0 Å². The van der Waals surface area contributed by atoms with Crippen molar-refractivity contribution < 1.29 is 4.79 Å². The maximum atomic E-state index is 12.7. The Hall–Kier alpha value is -0.610. The lowest BCUT2D eigenvalue weighted by molar-refractivity contribution is -0.140. The first kappa shape index (κ1) is 15.4. The fourth-order valence-electron chi connectivity index (χ4n) is 2.61. The molecular formula is C14H29N3O. The van der Waals surface area contributed by atoms with E-state index >= 15 is 0 Å². The average Bonchev–Trinajstić information content (AvgIpc) is 2.34. The summed E-state index contributed by atoms with van der Waals surface area (Å²) >= 11 is 0. The number of amides is 1. The summed E-state index contributed by atoms with van der Waals surface area (Å²) < 4.78 is 0. The molecule has 0 radical (unpaired) electrons. The molecule has 1 amide bonds. The van der Waals surface area contributed by atoms with Gasteiger partial charge in [-0.25, -0.2) is 0 Å². The van der Waals surface area contributed by atoms with Crippen LogP contribution in [0, 0.1) is 5.92 Å². The first-order chi connectivity index (χ1) is 8.29. The molecule has 0 aromatic carbocycles. The highest BCUT2D eigenvalue weighted by Crippen LogP contribution is 2.27. The molecule has 4 nitrogen and oxygen atoms in total. The van der Waals surface area contributed by atoms with Crippen LogP contribution in [0.3, 0.4) is 0 Å². The summed E-state index contributed by atoms with van der Waals surface area (Å²) in [5, 5.41) is 0. The first-order valence-electron chi connectivity index (χ1n) is 7.01. The molecule has 1 fully saturated rings. The van der Waals surface area contributed by atoms with Gasteiger partial charge in [-0.15, -0.1) is 0 Å². The summed E-state index contributed by atoms with van der Waals surface area (Å²) in [4.78, 5) is 17.0. The Labute approximate surface area is 111 Å². The van der Waals surface area contributed by atoms with Gasteiger partial charge in [0.1, 0.15) is 0 Å². The lowest BCUT2D eigenvalue weighted by atomic mass is 9.96. The van der Waals surface area contributed by atoms with E-state index in [4.69, 9.17) is 5.73 Å². The number of carbonyl (C=O) groups is 1. The van der Waals surface area contributed by atoms with E-state index in [0.29, 0.717) is 12.5 Å². The third kappa shape index (κ3) is 3.45. The molecule has 0 aliphatic carbocycles. The van der Waals surface area contributed by atoms with Gasteiger partial charge in [0, 0.05) is 18.6 Å². The Morgan fingerprint density at radius 3 is 2.56 bits per heavy atom. The standard InChI is InChI=1S/C14H29N3O/c1-11(2)10-17-13(18)12(6-8-15)16(5)9-7-14(17,3)4/h11-12H,6-10,15H2,1-5H3. The predicted octanol–water partition coefficient (Wildman–Crippen LogP) is 1.30. The van der Waals surface area contributed by atoms with E-state index in [1.165, 1.54) is 0 Å². The van der Waals surface area contributed by atoms with Gasteiger partial charge in [-0.2, -0.15) is 0 Å². The van der Waals surface area contributed by atoms with Crippen LogP contribution >= 0.6 is 0 Å². The highest BCUT2D eigenvalue weighted by Gasteiger charge is 2.39. The van der Waals surface area contributed by atoms with E-state index in [9.17, 15) is 4.79 Å². The van der Waals surface area contributed by atoms with Crippen LogP contribution in [0.5, 0.6) is 0 Å². The smallest absolute Gasteiger partial charge is 0.240 e. The molecule has 0 aromatic heterocycles. The maximum absolute atomic E-state index is 12.7. The molecule has 1 aliphatic heterocycles. The number of hydrogen-bond donors (Lipinski definition) is 1. The van der Waals surface area contributed by atoms with Gasteiger partial charge in [0.15, 0.2) is 0 Å². The fourth-order valence-corrected chi connectivity index (χ4v) is 2.61. The van der Waals surface area contributed by atoms with E-state index in [-0.39, 0.29) is 17.5 Å². The van der Waals surface area contributed by atoms with Crippen LogP contribution in [0.2, 0.25) is 0 Å². The molecule has 1 saturated heterocycles. The minimum Gasteiger partial charge on any atom is -0.336 e. The number of nitrogens with zero attached hydrogens (tertiary/aromatic N) is 2. The van der Waals surface area contributed by atoms with Crippen LogP contribution in [-0.4, -0.2) is 54.0 Å². The lowest BCUT2D eigenvalue weighted by Gasteiger charge is -2.39. The van der Waals surface area contributed by atoms with Gasteiger partial charge in [0.05, 0.1) is 6.04 Å². The van der Waals surface area contributed by atoms with Crippen LogP contribution in [-0.2, 0) is 4.79 Å². The van der Waals surface area contributed by atoms with Crippen LogP contribution in [0.1, 0.15) is 40.5 Å². The van der Waals surface area contributed by atoms with Gasteiger partial charge in [-0.1, -0.05) is 13.8 Å². The molecule has 106 valence electrons. The van der Waals surface area contributed by atoms with Crippen molar-refractivity contribution in [3.63, 3.8) is 0 Å². The van der Waals surface area contributed by atoms with E-state index in [2.05, 4.69) is 37.5 Å². The molecule has 18 heavy (non-hydrogen) atoms. The summed E-state index contributed by atoms with van der Waals surface area (Å²) in [5.41, 5.74) is 5.60. The zero-order chi connectivity index (χ0) is 13.9. The van der Waals surface area contributed by atoms with Crippen molar-refractivity contribution in [2.45, 2.75) is 52.1 Å². The number of nitrogens with two attached hydrogens (primary N) is 1. The molecule has 0 saturated carbocycles. The molecule has 0 spiro atoms. The molecule has 4 heteroatoms.